The molecule has 0 bridgehead atoms. The van der Waals surface area contributed by atoms with Crippen molar-refractivity contribution in [3.8, 4) is 0 Å². The molecule has 3 nitrogen and oxygen atoms in total. The molecular weight excluding hydrogens is 248 g/mol. The highest BCUT2D eigenvalue weighted by molar-refractivity contribution is 6.31. The molecule has 18 heavy (non-hydrogen) atoms. The van der Waals surface area contributed by atoms with E-state index in [1.165, 1.54) is 0 Å². The largest absolute Gasteiger partial charge is 0.287 e. The fourth-order valence-electron chi connectivity index (χ4n) is 1.80. The maximum Gasteiger partial charge on any atom is 0.211 e. The number of carbonyl (C=O) groups excluding carboxylic acids is 1. The van der Waals surface area contributed by atoms with Gasteiger partial charge in [0.1, 0.15) is 5.69 Å². The average Bonchev–Trinajstić information content (AvgIpc) is 2.80. The fourth-order valence-corrected chi connectivity index (χ4v) is 1.98. The summed E-state index contributed by atoms with van der Waals surface area (Å²) in [5, 5.41) is 4.77. The van der Waals surface area contributed by atoms with Gasteiger partial charge in [-0.15, -0.1) is 0 Å². The van der Waals surface area contributed by atoms with Crippen LogP contribution in [0.1, 0.15) is 35.0 Å². The second kappa shape index (κ2) is 5.36. The molecule has 0 atom stereocenters. The summed E-state index contributed by atoms with van der Waals surface area (Å²) in [6, 6.07) is 7.11. The number of hydrogen-bond donors (Lipinski definition) is 0. The van der Waals surface area contributed by atoms with Crippen LogP contribution in [0.5, 0.6) is 0 Å². The fraction of sp³-hybridized carbons (Fsp3) is 0.286. The lowest BCUT2D eigenvalue weighted by atomic mass is 10.1. The third kappa shape index (κ3) is 2.46. The van der Waals surface area contributed by atoms with E-state index in [2.05, 4.69) is 12.0 Å². The van der Waals surface area contributed by atoms with Gasteiger partial charge in [0.2, 0.25) is 5.78 Å². The van der Waals surface area contributed by atoms with Crippen molar-refractivity contribution in [3.63, 3.8) is 0 Å². The van der Waals surface area contributed by atoms with Gasteiger partial charge in [0.15, 0.2) is 0 Å². The number of ketones is 1. The Hall–Kier alpha value is -1.61. The highest BCUT2D eigenvalue weighted by Crippen LogP contribution is 2.19. The van der Waals surface area contributed by atoms with E-state index in [0.29, 0.717) is 16.3 Å². The second-order valence-electron chi connectivity index (χ2n) is 4.23. The molecule has 94 valence electrons. The molecule has 0 saturated carbocycles. The normalized spacial score (nSPS) is 10.6. The number of aryl methyl sites for hydroxylation is 2. The Labute approximate surface area is 111 Å². The van der Waals surface area contributed by atoms with E-state index in [1.54, 1.807) is 29.1 Å². The van der Waals surface area contributed by atoms with Gasteiger partial charge in [-0.1, -0.05) is 30.7 Å². The Bertz CT molecular complexity index is 575. The summed E-state index contributed by atoms with van der Waals surface area (Å²) in [6.45, 7) is 4.71. The van der Waals surface area contributed by atoms with E-state index in [9.17, 15) is 4.79 Å². The molecule has 0 aliphatic heterocycles. The Morgan fingerprint density at radius 2 is 2.17 bits per heavy atom. The van der Waals surface area contributed by atoms with Crippen molar-refractivity contribution in [1.29, 1.82) is 0 Å². The summed E-state index contributed by atoms with van der Waals surface area (Å²) in [5.74, 6) is -0.0390. The van der Waals surface area contributed by atoms with Crippen LogP contribution >= 0.6 is 11.6 Å². The Morgan fingerprint density at radius 1 is 1.39 bits per heavy atom. The lowest BCUT2D eigenvalue weighted by Crippen LogP contribution is -2.11. The predicted octanol–water partition coefficient (Wildman–Crippen LogP) is 3.49. The number of nitrogens with zero attached hydrogens (tertiary/aromatic N) is 2. The molecule has 0 amide bonds. The first-order chi connectivity index (χ1) is 8.63. The van der Waals surface area contributed by atoms with Crippen molar-refractivity contribution in [1.82, 2.24) is 9.78 Å². The Kier molecular flexibility index (Phi) is 3.82. The molecule has 0 spiro atoms. The Morgan fingerprint density at radius 3 is 2.83 bits per heavy atom. The molecule has 0 aliphatic carbocycles. The van der Waals surface area contributed by atoms with Crippen LogP contribution in [0.4, 0.5) is 0 Å². The smallest absolute Gasteiger partial charge is 0.211 e. The van der Waals surface area contributed by atoms with Crippen LogP contribution in [0.25, 0.3) is 0 Å². The lowest BCUT2D eigenvalue weighted by Gasteiger charge is -2.06. The monoisotopic (exact) mass is 262 g/mol. The number of benzene rings is 1. The van der Waals surface area contributed by atoms with Gasteiger partial charge >= 0.3 is 0 Å². The van der Waals surface area contributed by atoms with Gasteiger partial charge in [-0.25, -0.2) is 0 Å². The number of halogens is 1. The van der Waals surface area contributed by atoms with Crippen LogP contribution in [0.2, 0.25) is 5.02 Å². The van der Waals surface area contributed by atoms with Gasteiger partial charge in [0, 0.05) is 23.3 Å². The van der Waals surface area contributed by atoms with Gasteiger partial charge < -0.3 is 0 Å². The minimum Gasteiger partial charge on any atom is -0.287 e. The van der Waals surface area contributed by atoms with Gasteiger partial charge in [0.05, 0.1) is 0 Å². The molecule has 0 radical (unpaired) electrons. The summed E-state index contributed by atoms with van der Waals surface area (Å²) in [4.78, 5) is 12.3. The van der Waals surface area contributed by atoms with E-state index < -0.39 is 0 Å². The number of aromatic nitrogens is 2. The zero-order valence-electron chi connectivity index (χ0n) is 10.5. The number of rotatable bonds is 4. The summed E-state index contributed by atoms with van der Waals surface area (Å²) in [6.07, 6.45) is 2.59. The van der Waals surface area contributed by atoms with E-state index in [1.807, 2.05) is 13.0 Å². The molecule has 4 heteroatoms. The van der Waals surface area contributed by atoms with Crippen molar-refractivity contribution in [3.05, 3.63) is 52.3 Å². The quantitative estimate of drug-likeness (QED) is 0.791. The van der Waals surface area contributed by atoms with Crippen LogP contribution in [0.3, 0.4) is 0 Å². The van der Waals surface area contributed by atoms with Crippen molar-refractivity contribution < 1.29 is 4.79 Å². The molecular formula is C14H15ClN2O. The Balaban J connectivity index is 2.35. The summed E-state index contributed by atoms with van der Waals surface area (Å²) in [7, 11) is 0. The summed E-state index contributed by atoms with van der Waals surface area (Å²) in [5.41, 5.74) is 2.18. The molecule has 0 aliphatic rings. The molecule has 2 rings (SSSR count). The van der Waals surface area contributed by atoms with Gasteiger partial charge in [-0.3, -0.25) is 9.48 Å². The average molecular weight is 263 g/mol. The minimum atomic E-state index is -0.0390. The molecule has 2 aromatic rings. The summed E-state index contributed by atoms with van der Waals surface area (Å²) >= 11 is 6.05. The van der Waals surface area contributed by atoms with Crippen LogP contribution < -0.4 is 0 Å². The zero-order valence-corrected chi connectivity index (χ0v) is 11.2. The van der Waals surface area contributed by atoms with Crippen LogP contribution in [-0.4, -0.2) is 15.6 Å². The van der Waals surface area contributed by atoms with E-state index in [-0.39, 0.29) is 5.78 Å². The third-order valence-corrected chi connectivity index (χ3v) is 3.23. The first-order valence-electron chi connectivity index (χ1n) is 5.96. The molecule has 1 aromatic carbocycles. The number of hydrogen-bond acceptors (Lipinski definition) is 2. The molecule has 0 N–H and O–H groups in total. The van der Waals surface area contributed by atoms with Gasteiger partial charge in [0.25, 0.3) is 0 Å². The van der Waals surface area contributed by atoms with E-state index in [4.69, 9.17) is 11.6 Å². The van der Waals surface area contributed by atoms with Crippen LogP contribution in [0, 0.1) is 6.92 Å². The molecule has 1 aromatic heterocycles. The van der Waals surface area contributed by atoms with Crippen LogP contribution in [0.15, 0.2) is 30.5 Å². The minimum absolute atomic E-state index is 0.0390. The maximum absolute atomic E-state index is 12.3. The molecule has 0 saturated heterocycles. The standard InChI is InChI=1S/C14H15ClN2O/c1-3-8-17-13(6-7-16-17)14(18)11-5-4-10(2)12(15)9-11/h4-7,9H,3,8H2,1-2H3. The third-order valence-electron chi connectivity index (χ3n) is 2.82. The number of carbonyl (C=O) groups is 1. The highest BCUT2D eigenvalue weighted by atomic mass is 35.5. The lowest BCUT2D eigenvalue weighted by molar-refractivity contribution is 0.102. The topological polar surface area (TPSA) is 34.9 Å². The maximum atomic E-state index is 12.3. The van der Waals surface area contributed by atoms with Gasteiger partial charge in [-0.2, -0.15) is 5.10 Å². The van der Waals surface area contributed by atoms with E-state index >= 15 is 0 Å². The molecule has 0 fully saturated rings. The summed E-state index contributed by atoms with van der Waals surface area (Å²) < 4.78 is 1.73. The van der Waals surface area contributed by atoms with Crippen LogP contribution in [-0.2, 0) is 6.54 Å². The molecule has 1 heterocycles. The first kappa shape index (κ1) is 12.8. The molecule has 0 unspecified atom stereocenters. The van der Waals surface area contributed by atoms with Crippen molar-refractivity contribution in [2.45, 2.75) is 26.8 Å². The highest BCUT2D eigenvalue weighted by Gasteiger charge is 2.14. The van der Waals surface area contributed by atoms with Crippen molar-refractivity contribution in [2.24, 2.45) is 0 Å². The zero-order chi connectivity index (χ0) is 13.1. The van der Waals surface area contributed by atoms with E-state index in [0.717, 1.165) is 18.5 Å². The predicted molar refractivity (Wildman–Crippen MR) is 72.1 cm³/mol. The second-order valence-corrected chi connectivity index (χ2v) is 4.64. The first-order valence-corrected chi connectivity index (χ1v) is 6.34. The van der Waals surface area contributed by atoms with Crippen molar-refractivity contribution >= 4 is 17.4 Å². The SMILES string of the molecule is CCCn1nccc1C(=O)c1ccc(C)c(Cl)c1. The van der Waals surface area contributed by atoms with Gasteiger partial charge in [-0.05, 0) is 31.0 Å². The van der Waals surface area contributed by atoms with Crippen molar-refractivity contribution in [2.75, 3.05) is 0 Å².